The molecule has 0 amide bonds. The fraction of sp³-hybridized carbons (Fsp3) is 0.400. The number of rotatable bonds is 7. The topological polar surface area (TPSA) is 25.4 Å². The molecule has 1 heterocycles. The lowest BCUT2D eigenvalue weighted by Gasteiger charge is -2.28. The Balaban J connectivity index is 2.33. The van der Waals surface area contributed by atoms with Crippen LogP contribution in [0.5, 0.6) is 5.75 Å². The molecule has 2 aromatic carbocycles. The van der Waals surface area contributed by atoms with Gasteiger partial charge in [0.15, 0.2) is 0 Å². The quantitative estimate of drug-likeness (QED) is 0.473. The predicted molar refractivity (Wildman–Crippen MR) is 121 cm³/mol. The summed E-state index contributed by atoms with van der Waals surface area (Å²) in [6.07, 6.45) is 2.25. The summed E-state index contributed by atoms with van der Waals surface area (Å²) in [5.41, 5.74) is 6.86. The zero-order valence-corrected chi connectivity index (χ0v) is 18.1. The molecule has 0 bridgehead atoms. The van der Waals surface area contributed by atoms with Crippen molar-refractivity contribution < 1.29 is 4.74 Å². The molecular weight excluding hydrogens is 344 g/mol. The Hall–Kier alpha value is -2.55. The number of benzene rings is 2. The lowest BCUT2D eigenvalue weighted by atomic mass is 9.96. The molecule has 148 valence electrons. The minimum Gasteiger partial charge on any atom is -0.496 e. The molecule has 0 aliphatic carbocycles. The highest BCUT2D eigenvalue weighted by Crippen LogP contribution is 2.41. The summed E-state index contributed by atoms with van der Waals surface area (Å²) in [5, 5.41) is 2.46. The number of ether oxygens (including phenoxy) is 1. The molecule has 1 aromatic heterocycles. The van der Waals surface area contributed by atoms with Crippen LogP contribution in [0.2, 0.25) is 0 Å². The Labute approximate surface area is 169 Å². The van der Waals surface area contributed by atoms with Gasteiger partial charge < -0.3 is 9.64 Å². The van der Waals surface area contributed by atoms with Crippen LogP contribution in [-0.4, -0.2) is 25.2 Å². The Bertz CT molecular complexity index is 972. The first-order chi connectivity index (χ1) is 13.5. The number of pyridine rings is 1. The van der Waals surface area contributed by atoms with Crippen LogP contribution in [0.25, 0.3) is 22.0 Å². The smallest absolute Gasteiger partial charge is 0.128 e. The van der Waals surface area contributed by atoms with Crippen molar-refractivity contribution in [3.05, 3.63) is 53.2 Å². The summed E-state index contributed by atoms with van der Waals surface area (Å²) in [7, 11) is 1.74. The second-order valence-corrected chi connectivity index (χ2v) is 7.59. The lowest BCUT2D eigenvalue weighted by Crippen LogP contribution is -2.26. The Kier molecular flexibility index (Phi) is 6.23. The summed E-state index contributed by atoms with van der Waals surface area (Å²) >= 11 is 0. The van der Waals surface area contributed by atoms with Crippen LogP contribution in [0.3, 0.4) is 0 Å². The van der Waals surface area contributed by atoms with Gasteiger partial charge in [-0.15, -0.1) is 0 Å². The van der Waals surface area contributed by atoms with E-state index in [1.165, 1.54) is 27.6 Å². The van der Waals surface area contributed by atoms with E-state index >= 15 is 0 Å². The van der Waals surface area contributed by atoms with Gasteiger partial charge in [0.25, 0.3) is 0 Å². The zero-order chi connectivity index (χ0) is 20.3. The molecule has 0 atom stereocenters. The third kappa shape index (κ3) is 3.71. The first-order valence-electron chi connectivity index (χ1n) is 10.3. The van der Waals surface area contributed by atoms with Crippen molar-refractivity contribution in [3.8, 4) is 17.0 Å². The van der Waals surface area contributed by atoms with Crippen molar-refractivity contribution in [1.29, 1.82) is 0 Å². The highest BCUT2D eigenvalue weighted by atomic mass is 16.5. The Morgan fingerprint density at radius 1 is 0.929 bits per heavy atom. The Morgan fingerprint density at radius 3 is 2.18 bits per heavy atom. The predicted octanol–water partition coefficient (Wildman–Crippen LogP) is 6.46. The first-order valence-corrected chi connectivity index (χ1v) is 10.3. The van der Waals surface area contributed by atoms with Crippen molar-refractivity contribution in [2.75, 3.05) is 25.1 Å². The summed E-state index contributed by atoms with van der Waals surface area (Å²) in [6.45, 7) is 13.0. The fourth-order valence-electron chi connectivity index (χ4n) is 4.23. The molecule has 28 heavy (non-hydrogen) atoms. The van der Waals surface area contributed by atoms with Crippen molar-refractivity contribution in [1.82, 2.24) is 4.98 Å². The molecule has 0 saturated heterocycles. The van der Waals surface area contributed by atoms with Gasteiger partial charge in [-0.05, 0) is 50.8 Å². The van der Waals surface area contributed by atoms with Crippen LogP contribution in [0.1, 0.15) is 43.5 Å². The average Bonchev–Trinajstić information content (AvgIpc) is 2.67. The summed E-state index contributed by atoms with van der Waals surface area (Å²) in [4.78, 5) is 7.63. The van der Waals surface area contributed by atoms with Gasteiger partial charge in [0.05, 0.1) is 24.2 Å². The third-order valence-corrected chi connectivity index (χ3v) is 5.26. The highest BCUT2D eigenvalue weighted by molar-refractivity contribution is 6.04. The van der Waals surface area contributed by atoms with E-state index in [2.05, 4.69) is 75.9 Å². The second-order valence-electron chi connectivity index (χ2n) is 7.59. The van der Waals surface area contributed by atoms with E-state index < -0.39 is 0 Å². The molecule has 0 fully saturated rings. The fourth-order valence-corrected chi connectivity index (χ4v) is 4.23. The highest BCUT2D eigenvalue weighted by Gasteiger charge is 2.20. The van der Waals surface area contributed by atoms with Crippen LogP contribution >= 0.6 is 0 Å². The maximum atomic E-state index is 5.75. The molecule has 0 aliphatic rings. The van der Waals surface area contributed by atoms with Gasteiger partial charge in [0, 0.05) is 29.4 Å². The number of anilines is 1. The van der Waals surface area contributed by atoms with E-state index in [1.807, 2.05) is 0 Å². The number of fused-ring (bicyclic) bond motifs is 1. The minimum absolute atomic E-state index is 0.890. The summed E-state index contributed by atoms with van der Waals surface area (Å²) in [5.74, 6) is 0.890. The standard InChI is InChI=1S/C25H32N2O/c1-7-13-27(14-8-2)25-19(5)26-24(20-11-9-10-12-21(20)25)23-18(4)15-17(3)16-22(23)28-6/h9-12,15-16H,7-8,13-14H2,1-6H3. The van der Waals surface area contributed by atoms with Gasteiger partial charge >= 0.3 is 0 Å². The zero-order valence-electron chi connectivity index (χ0n) is 18.1. The van der Waals surface area contributed by atoms with E-state index in [-0.39, 0.29) is 0 Å². The van der Waals surface area contributed by atoms with Crippen LogP contribution in [0.15, 0.2) is 36.4 Å². The van der Waals surface area contributed by atoms with Crippen LogP contribution in [0, 0.1) is 20.8 Å². The van der Waals surface area contributed by atoms with Gasteiger partial charge in [-0.1, -0.05) is 44.2 Å². The molecular formula is C25H32N2O. The number of methoxy groups -OCH3 is 1. The van der Waals surface area contributed by atoms with E-state index in [9.17, 15) is 0 Å². The SMILES string of the molecule is CCCN(CCC)c1c(C)nc(-c2c(C)cc(C)cc2OC)c2ccccc12. The van der Waals surface area contributed by atoms with E-state index in [0.717, 1.165) is 48.6 Å². The monoisotopic (exact) mass is 376 g/mol. The number of aromatic nitrogens is 1. The molecule has 3 nitrogen and oxygen atoms in total. The van der Waals surface area contributed by atoms with E-state index in [4.69, 9.17) is 9.72 Å². The molecule has 0 spiro atoms. The molecule has 0 radical (unpaired) electrons. The number of hydrogen-bond acceptors (Lipinski definition) is 3. The maximum absolute atomic E-state index is 5.75. The first kappa shape index (κ1) is 20.2. The summed E-state index contributed by atoms with van der Waals surface area (Å²) < 4.78 is 5.75. The number of aryl methyl sites for hydroxylation is 3. The third-order valence-electron chi connectivity index (χ3n) is 5.26. The van der Waals surface area contributed by atoms with Crippen LogP contribution in [-0.2, 0) is 0 Å². The molecule has 0 unspecified atom stereocenters. The summed E-state index contributed by atoms with van der Waals surface area (Å²) in [6, 6.07) is 13.0. The molecule has 0 N–H and O–H groups in total. The van der Waals surface area contributed by atoms with Crippen molar-refractivity contribution in [3.63, 3.8) is 0 Å². The number of hydrogen-bond donors (Lipinski definition) is 0. The van der Waals surface area contributed by atoms with Gasteiger partial charge in [0.1, 0.15) is 5.75 Å². The largest absolute Gasteiger partial charge is 0.496 e. The normalized spacial score (nSPS) is 11.1. The van der Waals surface area contributed by atoms with Crippen LogP contribution < -0.4 is 9.64 Å². The van der Waals surface area contributed by atoms with Gasteiger partial charge in [0.2, 0.25) is 0 Å². The van der Waals surface area contributed by atoms with Crippen molar-refractivity contribution in [2.45, 2.75) is 47.5 Å². The molecule has 0 aliphatic heterocycles. The maximum Gasteiger partial charge on any atom is 0.128 e. The minimum atomic E-state index is 0.890. The second kappa shape index (κ2) is 8.64. The average molecular weight is 377 g/mol. The van der Waals surface area contributed by atoms with Gasteiger partial charge in [-0.25, -0.2) is 0 Å². The van der Waals surface area contributed by atoms with Gasteiger partial charge in [-0.3, -0.25) is 4.98 Å². The molecule has 3 aromatic rings. The lowest BCUT2D eigenvalue weighted by molar-refractivity contribution is 0.415. The van der Waals surface area contributed by atoms with Gasteiger partial charge in [-0.2, -0.15) is 0 Å². The van der Waals surface area contributed by atoms with E-state index in [1.54, 1.807) is 7.11 Å². The molecule has 3 heteroatoms. The number of nitrogens with zero attached hydrogens (tertiary/aromatic N) is 2. The van der Waals surface area contributed by atoms with E-state index in [0.29, 0.717) is 0 Å². The van der Waals surface area contributed by atoms with Crippen molar-refractivity contribution >= 4 is 16.5 Å². The van der Waals surface area contributed by atoms with Crippen LogP contribution in [0.4, 0.5) is 5.69 Å². The molecule has 3 rings (SSSR count). The molecule has 0 saturated carbocycles. The Morgan fingerprint density at radius 2 is 1.57 bits per heavy atom. The van der Waals surface area contributed by atoms with Crippen molar-refractivity contribution in [2.24, 2.45) is 0 Å².